The van der Waals surface area contributed by atoms with Crippen LogP contribution in [-0.4, -0.2) is 9.55 Å². The number of aromatic nitrogens is 2. The molecule has 12 rings (SSSR count). The molecule has 0 saturated carbocycles. The van der Waals surface area contributed by atoms with Crippen molar-refractivity contribution in [3.8, 4) is 83.7 Å². The first-order valence-electron chi connectivity index (χ1n) is 22.3. The molecule has 304 valence electrons. The van der Waals surface area contributed by atoms with Gasteiger partial charge in [0.25, 0.3) is 0 Å². The molecule has 0 fully saturated rings. The first-order chi connectivity index (χ1) is 32.2. The van der Waals surface area contributed by atoms with Crippen molar-refractivity contribution in [3.63, 3.8) is 0 Å². The van der Waals surface area contributed by atoms with Gasteiger partial charge in [0.1, 0.15) is 0 Å². The van der Waals surface area contributed by atoms with E-state index in [9.17, 15) is 0 Å². The number of hydrogen-bond donors (Lipinski definition) is 0. The van der Waals surface area contributed by atoms with Crippen molar-refractivity contribution >= 4 is 32.6 Å². The standard InChI is InChI=1S/C63H42N2/c1-5-16-43(17-6-1)51-34-52(44-18-7-2-8-19-44)37-55(36-51)48-28-30-61-59(41-48)60-42-49(56-38-53(45-20-9-3-10-21-45)35-54(39-56)46-22-11-4-12-23-46)29-31-62(60)65(61)57-26-15-25-50(40-57)63-58-27-14-13-24-47(58)32-33-64-63/h1-42H. The fourth-order valence-corrected chi connectivity index (χ4v) is 9.58. The quantitative estimate of drug-likeness (QED) is 0.149. The fraction of sp³-hybridized carbons (Fsp3) is 0. The topological polar surface area (TPSA) is 17.8 Å². The lowest BCUT2D eigenvalue weighted by atomic mass is 9.92. The lowest BCUT2D eigenvalue weighted by Gasteiger charge is -2.13. The van der Waals surface area contributed by atoms with Crippen molar-refractivity contribution in [2.75, 3.05) is 0 Å². The highest BCUT2D eigenvalue weighted by molar-refractivity contribution is 6.12. The molecular formula is C63H42N2. The van der Waals surface area contributed by atoms with Crippen LogP contribution in [0.4, 0.5) is 0 Å². The van der Waals surface area contributed by atoms with Crippen LogP contribution in [-0.2, 0) is 0 Å². The second-order valence-corrected chi connectivity index (χ2v) is 16.8. The maximum Gasteiger partial charge on any atom is 0.0781 e. The van der Waals surface area contributed by atoms with Crippen molar-refractivity contribution < 1.29 is 0 Å². The molecule has 0 spiro atoms. The van der Waals surface area contributed by atoms with Gasteiger partial charge in [0.05, 0.1) is 16.7 Å². The molecule has 10 aromatic carbocycles. The first kappa shape index (κ1) is 38.1. The van der Waals surface area contributed by atoms with Crippen LogP contribution in [0.2, 0.25) is 0 Å². The molecule has 0 unspecified atom stereocenters. The van der Waals surface area contributed by atoms with Crippen molar-refractivity contribution in [2.45, 2.75) is 0 Å². The van der Waals surface area contributed by atoms with Crippen LogP contribution in [0.3, 0.4) is 0 Å². The largest absolute Gasteiger partial charge is 0.309 e. The summed E-state index contributed by atoms with van der Waals surface area (Å²) in [7, 11) is 0. The number of fused-ring (bicyclic) bond motifs is 4. The molecule has 0 N–H and O–H groups in total. The fourth-order valence-electron chi connectivity index (χ4n) is 9.58. The van der Waals surface area contributed by atoms with Crippen LogP contribution in [0, 0.1) is 0 Å². The van der Waals surface area contributed by atoms with Gasteiger partial charge in [-0.2, -0.15) is 0 Å². The summed E-state index contributed by atoms with van der Waals surface area (Å²) in [5.74, 6) is 0. The van der Waals surface area contributed by atoms with Gasteiger partial charge < -0.3 is 4.57 Å². The Balaban J connectivity index is 1.09. The minimum Gasteiger partial charge on any atom is -0.309 e. The van der Waals surface area contributed by atoms with Gasteiger partial charge in [0.15, 0.2) is 0 Å². The van der Waals surface area contributed by atoms with E-state index in [-0.39, 0.29) is 0 Å². The molecule has 0 aliphatic carbocycles. The normalized spacial score (nSPS) is 11.4. The molecule has 0 amide bonds. The Morgan fingerprint density at radius 1 is 0.246 bits per heavy atom. The second-order valence-electron chi connectivity index (χ2n) is 16.8. The van der Waals surface area contributed by atoms with Gasteiger partial charge in [-0.05, 0) is 151 Å². The van der Waals surface area contributed by atoms with Crippen LogP contribution in [0.5, 0.6) is 0 Å². The zero-order chi connectivity index (χ0) is 43.1. The average molecular weight is 827 g/mol. The second kappa shape index (κ2) is 16.3. The lowest BCUT2D eigenvalue weighted by molar-refractivity contribution is 1.18. The van der Waals surface area contributed by atoms with E-state index in [1.165, 1.54) is 82.9 Å². The van der Waals surface area contributed by atoms with E-state index < -0.39 is 0 Å². The van der Waals surface area contributed by atoms with Crippen molar-refractivity contribution in [3.05, 3.63) is 255 Å². The van der Waals surface area contributed by atoms with E-state index in [2.05, 4.69) is 253 Å². The SMILES string of the molecule is c1ccc(-c2cc(-c3ccccc3)cc(-c3ccc4c(c3)c3cc(-c5cc(-c6ccccc6)cc(-c6ccccc6)c5)ccc3n4-c3cccc(-c4nccc5ccccc45)c3)c2)cc1. The Morgan fingerprint density at radius 2 is 0.646 bits per heavy atom. The van der Waals surface area contributed by atoms with Crippen molar-refractivity contribution in [1.82, 2.24) is 9.55 Å². The highest BCUT2D eigenvalue weighted by Gasteiger charge is 2.18. The third-order valence-electron chi connectivity index (χ3n) is 12.8. The Bertz CT molecular complexity index is 3380. The summed E-state index contributed by atoms with van der Waals surface area (Å²) in [6, 6.07) is 90.3. The Labute approximate surface area is 379 Å². The summed E-state index contributed by atoms with van der Waals surface area (Å²) >= 11 is 0. The van der Waals surface area contributed by atoms with Gasteiger partial charge in [-0.15, -0.1) is 0 Å². The predicted octanol–water partition coefficient (Wildman–Crippen LogP) is 17.0. The lowest BCUT2D eigenvalue weighted by Crippen LogP contribution is -1.95. The van der Waals surface area contributed by atoms with Crippen LogP contribution in [0.25, 0.3) is 116 Å². The monoisotopic (exact) mass is 826 g/mol. The van der Waals surface area contributed by atoms with Gasteiger partial charge in [0, 0.05) is 33.6 Å². The number of hydrogen-bond acceptors (Lipinski definition) is 1. The smallest absolute Gasteiger partial charge is 0.0781 e. The summed E-state index contributed by atoms with van der Waals surface area (Å²) in [6.07, 6.45) is 1.92. The van der Waals surface area contributed by atoms with E-state index in [4.69, 9.17) is 4.98 Å². The van der Waals surface area contributed by atoms with E-state index in [1.807, 2.05) is 6.20 Å². The molecular weight excluding hydrogens is 785 g/mol. The molecule has 2 heterocycles. The molecule has 0 atom stereocenters. The summed E-state index contributed by atoms with van der Waals surface area (Å²) in [5.41, 5.74) is 19.7. The maximum absolute atomic E-state index is 4.92. The highest BCUT2D eigenvalue weighted by atomic mass is 15.0. The van der Waals surface area contributed by atoms with Crippen LogP contribution < -0.4 is 0 Å². The molecule has 0 aliphatic heterocycles. The predicted molar refractivity (Wildman–Crippen MR) is 274 cm³/mol. The summed E-state index contributed by atoms with van der Waals surface area (Å²) < 4.78 is 2.43. The first-order valence-corrected chi connectivity index (χ1v) is 22.3. The molecule has 12 aromatic rings. The summed E-state index contributed by atoms with van der Waals surface area (Å²) in [6.45, 7) is 0. The summed E-state index contributed by atoms with van der Waals surface area (Å²) in [5, 5.41) is 4.71. The summed E-state index contributed by atoms with van der Waals surface area (Å²) in [4.78, 5) is 4.92. The van der Waals surface area contributed by atoms with E-state index in [1.54, 1.807) is 0 Å². The van der Waals surface area contributed by atoms with Gasteiger partial charge in [-0.25, -0.2) is 0 Å². The molecule has 0 aliphatic rings. The van der Waals surface area contributed by atoms with E-state index in [0.29, 0.717) is 0 Å². The molecule has 2 nitrogen and oxygen atoms in total. The van der Waals surface area contributed by atoms with Gasteiger partial charge in [-0.1, -0.05) is 170 Å². The van der Waals surface area contributed by atoms with Crippen LogP contribution in [0.15, 0.2) is 255 Å². The molecule has 65 heavy (non-hydrogen) atoms. The van der Waals surface area contributed by atoms with E-state index in [0.717, 1.165) is 33.4 Å². The van der Waals surface area contributed by atoms with Crippen molar-refractivity contribution in [1.29, 1.82) is 0 Å². The minimum absolute atomic E-state index is 0.982. The van der Waals surface area contributed by atoms with Gasteiger partial charge in [-0.3, -0.25) is 4.98 Å². The minimum atomic E-state index is 0.982. The number of benzene rings is 10. The third kappa shape index (κ3) is 7.18. The number of rotatable bonds is 8. The van der Waals surface area contributed by atoms with Crippen molar-refractivity contribution in [2.24, 2.45) is 0 Å². The van der Waals surface area contributed by atoms with Gasteiger partial charge >= 0.3 is 0 Å². The highest BCUT2D eigenvalue weighted by Crippen LogP contribution is 2.41. The zero-order valence-electron chi connectivity index (χ0n) is 35.6. The number of pyridine rings is 1. The maximum atomic E-state index is 4.92. The average Bonchev–Trinajstić information content (AvgIpc) is 3.72. The third-order valence-corrected chi connectivity index (χ3v) is 12.8. The van der Waals surface area contributed by atoms with Gasteiger partial charge in [0.2, 0.25) is 0 Å². The Morgan fingerprint density at radius 3 is 1.11 bits per heavy atom. The molecule has 0 bridgehead atoms. The Hall–Kier alpha value is -8.59. The van der Waals surface area contributed by atoms with Crippen LogP contribution in [0.1, 0.15) is 0 Å². The van der Waals surface area contributed by atoms with E-state index >= 15 is 0 Å². The zero-order valence-corrected chi connectivity index (χ0v) is 35.6. The molecule has 2 aromatic heterocycles. The Kier molecular flexibility index (Phi) is 9.54. The molecule has 2 heteroatoms. The van der Waals surface area contributed by atoms with Crippen LogP contribution >= 0.6 is 0 Å². The molecule has 0 radical (unpaired) electrons. The molecule has 0 saturated heterocycles. The number of nitrogens with zero attached hydrogens (tertiary/aromatic N) is 2.